The molecule has 0 bridgehead atoms. The van der Waals surface area contributed by atoms with Crippen molar-refractivity contribution in [3.8, 4) is 0 Å². The molecule has 1 fully saturated rings. The average molecular weight is 425 g/mol. The molecule has 150 valence electrons. The molecule has 7 nitrogen and oxygen atoms in total. The monoisotopic (exact) mass is 424 g/mol. The number of alkyl halides is 2. The Morgan fingerprint density at radius 2 is 1.82 bits per heavy atom. The molecule has 3 rings (SSSR count). The summed E-state index contributed by atoms with van der Waals surface area (Å²) in [6.07, 6.45) is 3.04. The van der Waals surface area contributed by atoms with Gasteiger partial charge in [0.25, 0.3) is 11.5 Å². The summed E-state index contributed by atoms with van der Waals surface area (Å²) in [6.45, 7) is 4.11. The minimum Gasteiger partial charge on any atom is -0.273 e. The highest BCUT2D eigenvalue weighted by molar-refractivity contribution is 6.53. The number of fused-ring (bicyclic) bond motifs is 1. The molecule has 0 saturated heterocycles. The van der Waals surface area contributed by atoms with Crippen LogP contribution >= 0.6 is 23.2 Å². The second kappa shape index (κ2) is 7.72. The van der Waals surface area contributed by atoms with Gasteiger partial charge in [0.15, 0.2) is 5.69 Å². The predicted molar refractivity (Wildman–Crippen MR) is 108 cm³/mol. The van der Waals surface area contributed by atoms with Gasteiger partial charge in [0.1, 0.15) is 4.33 Å². The first kappa shape index (κ1) is 20.6. The van der Waals surface area contributed by atoms with Crippen LogP contribution in [0.15, 0.2) is 29.1 Å². The van der Waals surface area contributed by atoms with E-state index in [1.807, 2.05) is 0 Å². The van der Waals surface area contributed by atoms with Crippen LogP contribution in [-0.4, -0.2) is 25.9 Å². The average Bonchev–Trinajstić information content (AvgIpc) is 3.20. The minimum absolute atomic E-state index is 0.0657. The molecule has 0 radical (unpaired) electrons. The SMILES string of the molecule is CCCCCn1nc(C(=O)NNC(=O)C2(C)CC2(Cl)Cl)c2ccccc2c1=O. The van der Waals surface area contributed by atoms with Crippen LogP contribution in [0.3, 0.4) is 0 Å². The number of benzene rings is 1. The summed E-state index contributed by atoms with van der Waals surface area (Å²) >= 11 is 12.0. The second-order valence-electron chi connectivity index (χ2n) is 7.25. The number of hydrogen-bond acceptors (Lipinski definition) is 4. The van der Waals surface area contributed by atoms with Crippen molar-refractivity contribution >= 4 is 45.8 Å². The lowest BCUT2D eigenvalue weighted by atomic mass is 10.1. The number of carbonyl (C=O) groups is 2. The normalized spacial score (nSPS) is 20.0. The largest absolute Gasteiger partial charge is 0.290 e. The van der Waals surface area contributed by atoms with Crippen molar-refractivity contribution in [1.82, 2.24) is 20.6 Å². The highest BCUT2D eigenvalue weighted by atomic mass is 35.5. The molecule has 1 aliphatic rings. The Bertz CT molecular complexity index is 989. The summed E-state index contributed by atoms with van der Waals surface area (Å²) in [7, 11) is 0. The van der Waals surface area contributed by atoms with E-state index in [0.717, 1.165) is 19.3 Å². The maximum atomic E-state index is 12.7. The van der Waals surface area contributed by atoms with Gasteiger partial charge < -0.3 is 0 Å². The quantitative estimate of drug-likeness (QED) is 0.423. The van der Waals surface area contributed by atoms with Gasteiger partial charge in [-0.15, -0.1) is 23.2 Å². The van der Waals surface area contributed by atoms with Gasteiger partial charge in [-0.3, -0.25) is 25.2 Å². The second-order valence-corrected chi connectivity index (χ2v) is 8.74. The topological polar surface area (TPSA) is 93.1 Å². The molecule has 9 heteroatoms. The number of amides is 2. The number of hydrazine groups is 1. The maximum absolute atomic E-state index is 12.7. The first-order valence-corrected chi connectivity index (χ1v) is 9.95. The van der Waals surface area contributed by atoms with Crippen LogP contribution in [0.5, 0.6) is 0 Å². The standard InChI is InChI=1S/C19H22Cl2N4O3/c1-3-4-7-10-25-16(27)13-9-6-5-8-12(13)14(24-25)15(26)22-23-17(28)18(2)11-19(18,20)21/h5-6,8-9H,3-4,7,10-11H2,1-2H3,(H,22,26)(H,23,28). The summed E-state index contributed by atoms with van der Waals surface area (Å²) in [4.78, 5) is 37.6. The number of unbranched alkanes of at least 4 members (excludes halogenated alkanes) is 2. The van der Waals surface area contributed by atoms with Crippen molar-refractivity contribution in [2.75, 3.05) is 0 Å². The fourth-order valence-electron chi connectivity index (χ4n) is 3.02. The van der Waals surface area contributed by atoms with Crippen LogP contribution in [0.25, 0.3) is 10.8 Å². The predicted octanol–water partition coefficient (Wildman–Crippen LogP) is 2.93. The van der Waals surface area contributed by atoms with Crippen LogP contribution < -0.4 is 16.4 Å². The molecule has 1 aromatic heterocycles. The van der Waals surface area contributed by atoms with Crippen LogP contribution in [0.4, 0.5) is 0 Å². The van der Waals surface area contributed by atoms with E-state index in [-0.39, 0.29) is 11.3 Å². The molecule has 2 aromatic rings. The summed E-state index contributed by atoms with van der Waals surface area (Å²) in [6, 6.07) is 6.77. The number of carbonyl (C=O) groups excluding carboxylic acids is 2. The fourth-order valence-corrected chi connectivity index (χ4v) is 3.73. The Morgan fingerprint density at radius 1 is 1.18 bits per heavy atom. The Labute approximate surface area is 172 Å². The molecule has 28 heavy (non-hydrogen) atoms. The molecule has 1 aromatic carbocycles. The zero-order valence-corrected chi connectivity index (χ0v) is 17.2. The maximum Gasteiger partial charge on any atom is 0.290 e. The molecule has 2 N–H and O–H groups in total. The van der Waals surface area contributed by atoms with Crippen LogP contribution in [0.1, 0.15) is 50.0 Å². The van der Waals surface area contributed by atoms with E-state index in [0.29, 0.717) is 23.7 Å². The number of nitrogens with zero attached hydrogens (tertiary/aromatic N) is 2. The van der Waals surface area contributed by atoms with Crippen LogP contribution in [-0.2, 0) is 11.3 Å². The molecule has 1 saturated carbocycles. The summed E-state index contributed by atoms with van der Waals surface area (Å²) < 4.78 is 0.165. The lowest BCUT2D eigenvalue weighted by molar-refractivity contribution is -0.126. The van der Waals surface area contributed by atoms with Gasteiger partial charge in [-0.25, -0.2) is 4.68 Å². The van der Waals surface area contributed by atoms with Crippen molar-refractivity contribution < 1.29 is 9.59 Å². The molecular weight excluding hydrogens is 403 g/mol. The summed E-state index contributed by atoms with van der Waals surface area (Å²) in [5, 5.41) is 5.07. The van der Waals surface area contributed by atoms with Crippen molar-refractivity contribution in [2.45, 2.75) is 50.4 Å². The van der Waals surface area contributed by atoms with Gasteiger partial charge in [0, 0.05) is 11.9 Å². The molecule has 1 atom stereocenters. The third-order valence-electron chi connectivity index (χ3n) is 5.10. The van der Waals surface area contributed by atoms with Gasteiger partial charge in [-0.1, -0.05) is 38.0 Å². The van der Waals surface area contributed by atoms with Gasteiger partial charge in [-0.2, -0.15) is 5.10 Å². The first-order chi connectivity index (χ1) is 13.2. The highest BCUT2D eigenvalue weighted by Crippen LogP contribution is 2.63. The molecule has 1 heterocycles. The minimum atomic E-state index is -1.14. The van der Waals surface area contributed by atoms with E-state index in [9.17, 15) is 14.4 Å². The van der Waals surface area contributed by atoms with E-state index >= 15 is 0 Å². The van der Waals surface area contributed by atoms with Gasteiger partial charge in [0.2, 0.25) is 5.91 Å². The number of halogens is 2. The lowest BCUT2D eigenvalue weighted by Gasteiger charge is -2.14. The number of nitrogens with one attached hydrogen (secondary N) is 2. The Balaban J connectivity index is 1.84. The van der Waals surface area contributed by atoms with Gasteiger partial charge in [0.05, 0.1) is 10.8 Å². The Hall–Kier alpha value is -2.12. The van der Waals surface area contributed by atoms with E-state index in [2.05, 4.69) is 22.9 Å². The van der Waals surface area contributed by atoms with E-state index < -0.39 is 21.6 Å². The number of aryl methyl sites for hydroxylation is 1. The number of hydrogen-bond donors (Lipinski definition) is 2. The third-order valence-corrected chi connectivity index (χ3v) is 6.21. The number of rotatable bonds is 6. The molecule has 0 spiro atoms. The van der Waals surface area contributed by atoms with Crippen molar-refractivity contribution in [2.24, 2.45) is 5.41 Å². The van der Waals surface area contributed by atoms with Gasteiger partial charge in [-0.05, 0) is 25.8 Å². The van der Waals surface area contributed by atoms with Gasteiger partial charge >= 0.3 is 0 Å². The highest BCUT2D eigenvalue weighted by Gasteiger charge is 2.68. The van der Waals surface area contributed by atoms with Crippen LogP contribution in [0.2, 0.25) is 0 Å². The first-order valence-electron chi connectivity index (χ1n) is 9.20. The zero-order chi connectivity index (χ0) is 20.5. The lowest BCUT2D eigenvalue weighted by Crippen LogP contribution is -2.46. The molecule has 0 aliphatic heterocycles. The Kier molecular flexibility index (Phi) is 5.68. The number of aromatic nitrogens is 2. The van der Waals surface area contributed by atoms with Crippen molar-refractivity contribution in [3.05, 3.63) is 40.3 Å². The molecule has 1 aliphatic carbocycles. The Morgan fingerprint density at radius 3 is 2.43 bits per heavy atom. The summed E-state index contributed by atoms with van der Waals surface area (Å²) in [5.74, 6) is -1.10. The van der Waals surface area contributed by atoms with E-state index in [1.165, 1.54) is 4.68 Å². The van der Waals surface area contributed by atoms with Crippen molar-refractivity contribution in [1.29, 1.82) is 0 Å². The zero-order valence-electron chi connectivity index (χ0n) is 15.7. The van der Waals surface area contributed by atoms with Crippen molar-refractivity contribution in [3.63, 3.8) is 0 Å². The van der Waals surface area contributed by atoms with Crippen LogP contribution in [0, 0.1) is 5.41 Å². The molecular formula is C19H22Cl2N4O3. The fraction of sp³-hybridized carbons (Fsp3) is 0.474. The summed E-state index contributed by atoms with van der Waals surface area (Å²) in [5.41, 5.74) is 3.57. The van der Waals surface area contributed by atoms with E-state index in [1.54, 1.807) is 31.2 Å². The molecule has 1 unspecified atom stereocenters. The smallest absolute Gasteiger partial charge is 0.273 e. The third kappa shape index (κ3) is 3.73. The van der Waals surface area contributed by atoms with E-state index in [4.69, 9.17) is 23.2 Å². The molecule has 2 amide bonds.